The molecule has 3 aromatic heterocycles. The molecule has 11 nitrogen and oxygen atoms in total. The highest BCUT2D eigenvalue weighted by atomic mass is 35.5. The average Bonchev–Trinajstić information content (AvgIpc) is 3.23. The standard InChI is InChI=1S/C16H20ClN7O4/c1-4-24-11-8(27-7-16(2,3)6-20-15(25)26)5-19-12(17)9(11)21-14(24)10-13(18)23-28-22-10/h5,20H,4,6-7H2,1-3H3,(H2,18,23)(H,25,26). The molecule has 0 atom stereocenters. The number of nitrogens with one attached hydrogen (secondary N) is 1. The van der Waals surface area contributed by atoms with E-state index in [1.54, 1.807) is 0 Å². The number of fused-ring (bicyclic) bond motifs is 1. The summed E-state index contributed by atoms with van der Waals surface area (Å²) in [6, 6.07) is 0. The van der Waals surface area contributed by atoms with Crippen molar-refractivity contribution in [1.29, 1.82) is 0 Å². The Morgan fingerprint density at radius 2 is 2.21 bits per heavy atom. The highest BCUT2D eigenvalue weighted by Gasteiger charge is 2.25. The number of carboxylic acid groups (broad SMARTS) is 1. The lowest BCUT2D eigenvalue weighted by Gasteiger charge is -2.24. The van der Waals surface area contributed by atoms with Crippen LogP contribution in [0.4, 0.5) is 10.6 Å². The molecular weight excluding hydrogens is 390 g/mol. The number of imidazole rings is 1. The number of carbonyl (C=O) groups is 1. The normalized spacial score (nSPS) is 11.7. The molecule has 28 heavy (non-hydrogen) atoms. The number of aromatic nitrogens is 5. The van der Waals surface area contributed by atoms with Gasteiger partial charge in [-0.3, -0.25) is 0 Å². The first-order valence-electron chi connectivity index (χ1n) is 8.46. The fourth-order valence-electron chi connectivity index (χ4n) is 2.67. The van der Waals surface area contributed by atoms with Crippen molar-refractivity contribution in [3.63, 3.8) is 0 Å². The molecular formula is C16H20ClN7O4. The van der Waals surface area contributed by atoms with Gasteiger partial charge < -0.3 is 25.5 Å². The minimum atomic E-state index is -1.09. The third kappa shape index (κ3) is 3.79. The SMILES string of the molecule is CCn1c(-c2nonc2N)nc2c(Cl)ncc(OCC(C)(C)CNC(=O)O)c21. The lowest BCUT2D eigenvalue weighted by Crippen LogP contribution is -2.36. The van der Waals surface area contributed by atoms with Crippen molar-refractivity contribution in [1.82, 2.24) is 30.2 Å². The fraction of sp³-hybridized carbons (Fsp3) is 0.438. The van der Waals surface area contributed by atoms with Gasteiger partial charge in [-0.1, -0.05) is 25.4 Å². The van der Waals surface area contributed by atoms with Gasteiger partial charge in [0.15, 0.2) is 28.2 Å². The lowest BCUT2D eigenvalue weighted by atomic mass is 9.95. The molecule has 0 radical (unpaired) electrons. The fourth-order valence-corrected chi connectivity index (χ4v) is 2.85. The van der Waals surface area contributed by atoms with Crippen LogP contribution in [0, 0.1) is 5.41 Å². The van der Waals surface area contributed by atoms with E-state index < -0.39 is 11.5 Å². The first-order valence-corrected chi connectivity index (χ1v) is 8.84. The molecule has 4 N–H and O–H groups in total. The topological polar surface area (TPSA) is 154 Å². The van der Waals surface area contributed by atoms with Crippen LogP contribution in [0.3, 0.4) is 0 Å². The number of nitrogen functional groups attached to an aromatic ring is 1. The number of ether oxygens (including phenoxy) is 1. The number of nitrogens with two attached hydrogens (primary N) is 1. The van der Waals surface area contributed by atoms with Gasteiger partial charge in [-0.05, 0) is 17.2 Å². The molecule has 0 unspecified atom stereocenters. The molecule has 0 fully saturated rings. The molecule has 3 rings (SSSR count). The number of anilines is 1. The Morgan fingerprint density at radius 3 is 2.82 bits per heavy atom. The molecule has 0 aliphatic rings. The van der Waals surface area contributed by atoms with Crippen molar-refractivity contribution >= 4 is 34.5 Å². The summed E-state index contributed by atoms with van der Waals surface area (Å²) in [5.41, 5.74) is 6.71. The second-order valence-electron chi connectivity index (χ2n) is 6.90. The van der Waals surface area contributed by atoms with Crippen LogP contribution < -0.4 is 15.8 Å². The monoisotopic (exact) mass is 409 g/mol. The molecule has 1 amide bonds. The molecule has 150 valence electrons. The zero-order valence-electron chi connectivity index (χ0n) is 15.6. The van der Waals surface area contributed by atoms with E-state index in [2.05, 4.69) is 30.2 Å². The van der Waals surface area contributed by atoms with E-state index in [1.807, 2.05) is 25.3 Å². The van der Waals surface area contributed by atoms with Gasteiger partial charge in [-0.15, -0.1) is 0 Å². The van der Waals surface area contributed by atoms with Gasteiger partial charge >= 0.3 is 6.09 Å². The molecule has 0 spiro atoms. The van der Waals surface area contributed by atoms with Crippen LogP contribution in [0.2, 0.25) is 5.15 Å². The molecule has 12 heteroatoms. The number of pyridine rings is 1. The van der Waals surface area contributed by atoms with Gasteiger partial charge in [-0.25, -0.2) is 19.4 Å². The summed E-state index contributed by atoms with van der Waals surface area (Å²) in [5, 5.41) is 18.8. The summed E-state index contributed by atoms with van der Waals surface area (Å²) in [4.78, 5) is 19.4. The van der Waals surface area contributed by atoms with Crippen molar-refractivity contribution in [2.45, 2.75) is 27.3 Å². The summed E-state index contributed by atoms with van der Waals surface area (Å²) < 4.78 is 12.5. The maximum atomic E-state index is 10.7. The summed E-state index contributed by atoms with van der Waals surface area (Å²) >= 11 is 6.24. The van der Waals surface area contributed by atoms with Crippen LogP contribution in [-0.2, 0) is 6.54 Å². The van der Waals surface area contributed by atoms with Crippen LogP contribution in [0.15, 0.2) is 10.8 Å². The van der Waals surface area contributed by atoms with Crippen LogP contribution in [0.5, 0.6) is 5.75 Å². The van der Waals surface area contributed by atoms with Crippen LogP contribution >= 0.6 is 11.6 Å². The predicted octanol–water partition coefficient (Wildman–Crippen LogP) is 2.41. The Hall–Kier alpha value is -3.08. The smallest absolute Gasteiger partial charge is 0.404 e. The van der Waals surface area contributed by atoms with Crippen molar-refractivity contribution in [3.8, 4) is 17.3 Å². The van der Waals surface area contributed by atoms with Gasteiger partial charge in [0, 0.05) is 18.5 Å². The second-order valence-corrected chi connectivity index (χ2v) is 7.26. The van der Waals surface area contributed by atoms with Crippen molar-refractivity contribution in [2.75, 3.05) is 18.9 Å². The van der Waals surface area contributed by atoms with Gasteiger partial charge in [0.1, 0.15) is 11.0 Å². The molecule has 0 aliphatic heterocycles. The van der Waals surface area contributed by atoms with E-state index in [0.29, 0.717) is 34.8 Å². The Kier molecular flexibility index (Phi) is 5.27. The molecule has 3 aromatic rings. The van der Waals surface area contributed by atoms with Crippen molar-refractivity contribution in [3.05, 3.63) is 11.3 Å². The zero-order valence-corrected chi connectivity index (χ0v) is 16.3. The van der Waals surface area contributed by atoms with E-state index in [-0.39, 0.29) is 24.1 Å². The van der Waals surface area contributed by atoms with E-state index >= 15 is 0 Å². The third-order valence-corrected chi connectivity index (χ3v) is 4.35. The Bertz CT molecular complexity index is 1010. The molecule has 0 saturated heterocycles. The molecule has 0 bridgehead atoms. The molecule has 0 aliphatic carbocycles. The zero-order chi connectivity index (χ0) is 20.5. The largest absolute Gasteiger partial charge is 0.489 e. The van der Waals surface area contributed by atoms with Gasteiger partial charge in [0.25, 0.3) is 0 Å². The number of halogens is 1. The summed E-state index contributed by atoms with van der Waals surface area (Å²) in [5.74, 6) is 0.999. The van der Waals surface area contributed by atoms with Gasteiger partial charge in [0.2, 0.25) is 0 Å². The number of nitrogens with zero attached hydrogens (tertiary/aromatic N) is 5. The maximum Gasteiger partial charge on any atom is 0.404 e. The summed E-state index contributed by atoms with van der Waals surface area (Å²) in [6.07, 6.45) is 0.420. The maximum absolute atomic E-state index is 10.7. The van der Waals surface area contributed by atoms with Crippen molar-refractivity contribution in [2.24, 2.45) is 5.41 Å². The van der Waals surface area contributed by atoms with Crippen molar-refractivity contribution < 1.29 is 19.3 Å². The predicted molar refractivity (Wildman–Crippen MR) is 101 cm³/mol. The summed E-state index contributed by atoms with van der Waals surface area (Å²) in [7, 11) is 0. The molecule has 0 saturated carbocycles. The number of aryl methyl sites for hydroxylation is 1. The van der Waals surface area contributed by atoms with Gasteiger partial charge in [0.05, 0.1) is 12.8 Å². The van der Waals surface area contributed by atoms with E-state index in [1.165, 1.54) is 6.20 Å². The Labute approximate surface area is 164 Å². The van der Waals surface area contributed by atoms with Gasteiger partial charge in [-0.2, -0.15) is 0 Å². The number of hydrogen-bond acceptors (Lipinski definition) is 8. The highest BCUT2D eigenvalue weighted by Crippen LogP contribution is 2.35. The van der Waals surface area contributed by atoms with Crippen LogP contribution in [0.25, 0.3) is 22.6 Å². The number of hydrogen-bond donors (Lipinski definition) is 3. The van der Waals surface area contributed by atoms with E-state index in [4.69, 9.17) is 27.2 Å². The minimum absolute atomic E-state index is 0.109. The van der Waals surface area contributed by atoms with E-state index in [0.717, 1.165) is 0 Å². The second kappa shape index (κ2) is 7.50. The Morgan fingerprint density at radius 1 is 1.46 bits per heavy atom. The minimum Gasteiger partial charge on any atom is -0.489 e. The highest BCUT2D eigenvalue weighted by molar-refractivity contribution is 6.34. The quantitative estimate of drug-likeness (QED) is 0.498. The van der Waals surface area contributed by atoms with Crippen LogP contribution in [-0.4, -0.2) is 49.2 Å². The first kappa shape index (κ1) is 19.7. The number of amides is 1. The molecule has 0 aromatic carbocycles. The summed E-state index contributed by atoms with van der Waals surface area (Å²) in [6.45, 7) is 6.68. The lowest BCUT2D eigenvalue weighted by molar-refractivity contribution is 0.161. The average molecular weight is 410 g/mol. The number of rotatable bonds is 7. The van der Waals surface area contributed by atoms with E-state index in [9.17, 15) is 4.79 Å². The van der Waals surface area contributed by atoms with Crippen LogP contribution in [0.1, 0.15) is 20.8 Å². The third-order valence-electron chi connectivity index (χ3n) is 4.07. The first-order chi connectivity index (χ1) is 13.2. The Balaban J connectivity index is 2.00. The molecule has 3 heterocycles.